The monoisotopic (exact) mass is 339 g/mol. The highest BCUT2D eigenvalue weighted by molar-refractivity contribution is 7.99. The van der Waals surface area contributed by atoms with E-state index in [4.69, 9.17) is 28.9 Å². The van der Waals surface area contributed by atoms with E-state index < -0.39 is 0 Å². The van der Waals surface area contributed by atoms with Crippen molar-refractivity contribution in [2.24, 2.45) is 5.73 Å². The highest BCUT2D eigenvalue weighted by Gasteiger charge is 2.13. The molecular formula is C17H19Cl2NS. The number of hydrogen-bond acceptors (Lipinski definition) is 2. The Labute approximate surface area is 140 Å². The van der Waals surface area contributed by atoms with Crippen molar-refractivity contribution in [1.29, 1.82) is 0 Å². The summed E-state index contributed by atoms with van der Waals surface area (Å²) in [5.74, 6) is 0.808. The molecule has 1 unspecified atom stereocenters. The van der Waals surface area contributed by atoms with Crippen LogP contribution in [0.3, 0.4) is 0 Å². The van der Waals surface area contributed by atoms with Crippen LogP contribution in [0.2, 0.25) is 10.0 Å². The van der Waals surface area contributed by atoms with Crippen molar-refractivity contribution in [3.05, 3.63) is 62.6 Å². The SMILES string of the molecule is Cc1cc(C)c(C(N)CSc2ccc(Cl)c(Cl)c2)c(C)c1. The number of nitrogens with two attached hydrogens (primary N) is 1. The van der Waals surface area contributed by atoms with Crippen LogP contribution in [-0.4, -0.2) is 5.75 Å². The molecule has 112 valence electrons. The van der Waals surface area contributed by atoms with E-state index in [0.29, 0.717) is 10.0 Å². The molecule has 2 N–H and O–H groups in total. The van der Waals surface area contributed by atoms with Crippen molar-refractivity contribution in [1.82, 2.24) is 0 Å². The molecule has 0 spiro atoms. The lowest BCUT2D eigenvalue weighted by molar-refractivity contribution is 0.813. The molecule has 2 aromatic carbocycles. The highest BCUT2D eigenvalue weighted by Crippen LogP contribution is 2.31. The Bertz CT molecular complexity index is 632. The van der Waals surface area contributed by atoms with Crippen LogP contribution in [0, 0.1) is 20.8 Å². The molecule has 0 aliphatic rings. The minimum atomic E-state index is 0.00468. The molecule has 0 fully saturated rings. The summed E-state index contributed by atoms with van der Waals surface area (Å²) >= 11 is 13.7. The lowest BCUT2D eigenvalue weighted by Crippen LogP contribution is -2.16. The van der Waals surface area contributed by atoms with Gasteiger partial charge in [0, 0.05) is 16.7 Å². The second-order valence-corrected chi connectivity index (χ2v) is 7.21. The predicted molar refractivity (Wildman–Crippen MR) is 94.8 cm³/mol. The van der Waals surface area contributed by atoms with Gasteiger partial charge in [0.1, 0.15) is 0 Å². The summed E-state index contributed by atoms with van der Waals surface area (Å²) in [6, 6.07) is 10.1. The molecule has 1 nitrogen and oxygen atoms in total. The van der Waals surface area contributed by atoms with Crippen LogP contribution in [0.1, 0.15) is 28.3 Å². The van der Waals surface area contributed by atoms with Crippen molar-refractivity contribution < 1.29 is 0 Å². The third-order valence-electron chi connectivity index (χ3n) is 3.43. The Kier molecular flexibility index (Phi) is 5.61. The maximum atomic E-state index is 6.38. The van der Waals surface area contributed by atoms with Crippen molar-refractivity contribution in [3.63, 3.8) is 0 Å². The molecule has 0 saturated heterocycles. The predicted octanol–water partition coefficient (Wildman–Crippen LogP) is 5.71. The number of benzene rings is 2. The summed E-state index contributed by atoms with van der Waals surface area (Å²) in [5, 5.41) is 1.16. The number of hydrogen-bond donors (Lipinski definition) is 1. The van der Waals surface area contributed by atoms with E-state index in [0.717, 1.165) is 10.6 Å². The van der Waals surface area contributed by atoms with Gasteiger partial charge in [0.15, 0.2) is 0 Å². The van der Waals surface area contributed by atoms with E-state index in [1.165, 1.54) is 22.3 Å². The zero-order valence-corrected chi connectivity index (χ0v) is 14.7. The minimum Gasteiger partial charge on any atom is -0.323 e. The van der Waals surface area contributed by atoms with E-state index in [2.05, 4.69) is 32.9 Å². The van der Waals surface area contributed by atoms with Gasteiger partial charge in [-0.3, -0.25) is 0 Å². The van der Waals surface area contributed by atoms with Gasteiger partial charge in [0.2, 0.25) is 0 Å². The average molecular weight is 340 g/mol. The second-order valence-electron chi connectivity index (χ2n) is 5.31. The summed E-state index contributed by atoms with van der Waals surface area (Å²) in [4.78, 5) is 1.09. The molecule has 0 saturated carbocycles. The third kappa shape index (κ3) is 4.17. The standard InChI is InChI=1S/C17H19Cl2NS/c1-10-6-11(2)17(12(3)7-10)16(20)9-21-13-4-5-14(18)15(19)8-13/h4-8,16H,9,20H2,1-3H3. The Balaban J connectivity index is 2.11. The van der Waals surface area contributed by atoms with Gasteiger partial charge in [-0.25, -0.2) is 0 Å². The topological polar surface area (TPSA) is 26.0 Å². The van der Waals surface area contributed by atoms with Crippen LogP contribution in [0.25, 0.3) is 0 Å². The number of halogens is 2. The molecule has 1 atom stereocenters. The van der Waals surface area contributed by atoms with Crippen molar-refractivity contribution >= 4 is 35.0 Å². The van der Waals surface area contributed by atoms with Crippen molar-refractivity contribution in [3.8, 4) is 0 Å². The number of thioether (sulfide) groups is 1. The van der Waals surface area contributed by atoms with Gasteiger partial charge in [-0.15, -0.1) is 11.8 Å². The number of rotatable bonds is 4. The largest absolute Gasteiger partial charge is 0.323 e. The summed E-state index contributed by atoms with van der Waals surface area (Å²) in [6.07, 6.45) is 0. The van der Waals surface area contributed by atoms with Crippen LogP contribution < -0.4 is 5.73 Å². The first-order valence-corrected chi connectivity index (χ1v) is 8.54. The lowest BCUT2D eigenvalue weighted by atomic mass is 9.95. The van der Waals surface area contributed by atoms with Crippen LogP contribution in [0.15, 0.2) is 35.2 Å². The Morgan fingerprint density at radius 1 is 1.00 bits per heavy atom. The van der Waals surface area contributed by atoms with E-state index in [9.17, 15) is 0 Å². The molecule has 0 bridgehead atoms. The Hall–Kier alpha value is -0.670. The van der Waals surface area contributed by atoms with Gasteiger partial charge in [-0.2, -0.15) is 0 Å². The van der Waals surface area contributed by atoms with Crippen molar-refractivity contribution in [2.75, 3.05) is 5.75 Å². The molecule has 0 heterocycles. The normalized spacial score (nSPS) is 12.5. The Morgan fingerprint density at radius 2 is 1.62 bits per heavy atom. The summed E-state index contributed by atoms with van der Waals surface area (Å²) in [6.45, 7) is 6.36. The molecule has 0 amide bonds. The van der Waals surface area contributed by atoms with Crippen LogP contribution in [-0.2, 0) is 0 Å². The van der Waals surface area contributed by atoms with Crippen LogP contribution in [0.5, 0.6) is 0 Å². The van der Waals surface area contributed by atoms with E-state index in [-0.39, 0.29) is 6.04 Å². The molecule has 0 aliphatic heterocycles. The zero-order valence-electron chi connectivity index (χ0n) is 12.4. The van der Waals surface area contributed by atoms with E-state index >= 15 is 0 Å². The molecular weight excluding hydrogens is 321 g/mol. The molecule has 4 heteroatoms. The van der Waals surface area contributed by atoms with E-state index in [1.807, 2.05) is 18.2 Å². The molecule has 0 radical (unpaired) electrons. The van der Waals surface area contributed by atoms with Gasteiger partial charge in [-0.05, 0) is 55.7 Å². The molecule has 0 aromatic heterocycles. The minimum absolute atomic E-state index is 0.00468. The first kappa shape index (κ1) is 16.7. The summed E-state index contributed by atoms with van der Waals surface area (Å²) in [7, 11) is 0. The molecule has 21 heavy (non-hydrogen) atoms. The fourth-order valence-electron chi connectivity index (χ4n) is 2.61. The summed E-state index contributed by atoms with van der Waals surface area (Å²) < 4.78 is 0. The lowest BCUT2D eigenvalue weighted by Gasteiger charge is -2.18. The zero-order chi connectivity index (χ0) is 15.6. The molecule has 2 aromatic rings. The molecule has 0 aliphatic carbocycles. The molecule has 2 rings (SSSR count). The Morgan fingerprint density at radius 3 is 2.19 bits per heavy atom. The van der Waals surface area contributed by atoms with E-state index in [1.54, 1.807) is 11.8 Å². The first-order valence-electron chi connectivity index (χ1n) is 6.79. The maximum absolute atomic E-state index is 6.38. The van der Waals surface area contributed by atoms with Gasteiger partial charge in [-0.1, -0.05) is 40.9 Å². The fourth-order valence-corrected chi connectivity index (χ4v) is 3.88. The summed E-state index contributed by atoms with van der Waals surface area (Å²) in [5.41, 5.74) is 11.4. The third-order valence-corrected chi connectivity index (χ3v) is 5.28. The average Bonchev–Trinajstić information content (AvgIpc) is 2.39. The second kappa shape index (κ2) is 7.06. The quantitative estimate of drug-likeness (QED) is 0.721. The fraction of sp³-hybridized carbons (Fsp3) is 0.294. The smallest absolute Gasteiger partial charge is 0.0603 e. The highest BCUT2D eigenvalue weighted by atomic mass is 35.5. The maximum Gasteiger partial charge on any atom is 0.0603 e. The van der Waals surface area contributed by atoms with Gasteiger partial charge >= 0.3 is 0 Å². The van der Waals surface area contributed by atoms with Crippen molar-refractivity contribution in [2.45, 2.75) is 31.7 Å². The van der Waals surface area contributed by atoms with Gasteiger partial charge < -0.3 is 5.73 Å². The van der Waals surface area contributed by atoms with Crippen LogP contribution in [0.4, 0.5) is 0 Å². The van der Waals surface area contributed by atoms with Gasteiger partial charge in [0.25, 0.3) is 0 Å². The number of aryl methyl sites for hydroxylation is 3. The van der Waals surface area contributed by atoms with Gasteiger partial charge in [0.05, 0.1) is 10.0 Å². The first-order chi connectivity index (χ1) is 9.88. The van der Waals surface area contributed by atoms with Crippen LogP contribution >= 0.6 is 35.0 Å².